The predicted molar refractivity (Wildman–Crippen MR) is 75.2 cm³/mol. The van der Waals surface area contributed by atoms with Crippen molar-refractivity contribution in [2.75, 3.05) is 6.61 Å². The van der Waals surface area contributed by atoms with Crippen LogP contribution in [0.5, 0.6) is 0 Å². The standard InChI is InChI=1S/C16H28O3/c17-15(18)16(10-4-2-1-3-5-11-16)12-6-8-14-9-7-13-19-14/h14H,1-13H2,(H,17,18). The van der Waals surface area contributed by atoms with E-state index in [0.717, 1.165) is 51.6 Å². The first-order valence-corrected chi connectivity index (χ1v) is 8.08. The second kappa shape index (κ2) is 7.28. The molecule has 0 aromatic carbocycles. The summed E-state index contributed by atoms with van der Waals surface area (Å²) < 4.78 is 5.63. The number of ether oxygens (including phenoxy) is 1. The third-order valence-corrected chi connectivity index (χ3v) is 4.97. The third-order valence-electron chi connectivity index (χ3n) is 4.97. The Hall–Kier alpha value is -0.570. The van der Waals surface area contributed by atoms with E-state index in [2.05, 4.69) is 0 Å². The van der Waals surface area contributed by atoms with Crippen molar-refractivity contribution >= 4 is 5.97 Å². The van der Waals surface area contributed by atoms with Crippen molar-refractivity contribution in [2.24, 2.45) is 5.41 Å². The SMILES string of the molecule is O=C(O)C1(CCCC2CCCO2)CCCCCCC1. The van der Waals surface area contributed by atoms with Crippen LogP contribution in [0.1, 0.15) is 77.0 Å². The minimum absolute atomic E-state index is 0.402. The molecule has 19 heavy (non-hydrogen) atoms. The summed E-state index contributed by atoms with van der Waals surface area (Å²) in [6, 6.07) is 0. The summed E-state index contributed by atoms with van der Waals surface area (Å²) in [5, 5.41) is 9.67. The Balaban J connectivity index is 1.84. The second-order valence-corrected chi connectivity index (χ2v) is 6.38. The molecule has 1 aliphatic carbocycles. The van der Waals surface area contributed by atoms with Crippen LogP contribution < -0.4 is 0 Å². The van der Waals surface area contributed by atoms with Crippen LogP contribution in [0.15, 0.2) is 0 Å². The molecule has 0 spiro atoms. The van der Waals surface area contributed by atoms with Gasteiger partial charge in [0.05, 0.1) is 11.5 Å². The van der Waals surface area contributed by atoms with Gasteiger partial charge in [-0.15, -0.1) is 0 Å². The van der Waals surface area contributed by atoms with Crippen LogP contribution >= 0.6 is 0 Å². The Labute approximate surface area is 116 Å². The Morgan fingerprint density at radius 2 is 1.79 bits per heavy atom. The second-order valence-electron chi connectivity index (χ2n) is 6.38. The molecule has 0 aromatic rings. The lowest BCUT2D eigenvalue weighted by Crippen LogP contribution is -2.32. The quantitative estimate of drug-likeness (QED) is 0.814. The molecule has 1 aliphatic heterocycles. The normalized spacial score (nSPS) is 27.7. The van der Waals surface area contributed by atoms with Crippen molar-refractivity contribution in [3.05, 3.63) is 0 Å². The maximum Gasteiger partial charge on any atom is 0.309 e. The van der Waals surface area contributed by atoms with Gasteiger partial charge >= 0.3 is 5.97 Å². The molecule has 2 fully saturated rings. The molecule has 0 aromatic heterocycles. The molecular formula is C16H28O3. The van der Waals surface area contributed by atoms with E-state index in [4.69, 9.17) is 4.74 Å². The summed E-state index contributed by atoms with van der Waals surface area (Å²) in [6.07, 6.45) is 13.3. The number of hydrogen-bond donors (Lipinski definition) is 1. The maximum absolute atomic E-state index is 11.7. The number of carbonyl (C=O) groups is 1. The summed E-state index contributed by atoms with van der Waals surface area (Å²) in [5.41, 5.74) is -0.432. The van der Waals surface area contributed by atoms with E-state index in [9.17, 15) is 9.90 Å². The highest BCUT2D eigenvalue weighted by molar-refractivity contribution is 5.74. The number of carboxylic acid groups (broad SMARTS) is 1. The minimum atomic E-state index is -0.554. The monoisotopic (exact) mass is 268 g/mol. The summed E-state index contributed by atoms with van der Waals surface area (Å²) in [5.74, 6) is -0.554. The molecular weight excluding hydrogens is 240 g/mol. The van der Waals surface area contributed by atoms with Gasteiger partial charge in [-0.2, -0.15) is 0 Å². The minimum Gasteiger partial charge on any atom is -0.481 e. The smallest absolute Gasteiger partial charge is 0.309 e. The molecule has 0 bridgehead atoms. The Kier molecular flexibility index (Phi) is 5.68. The first-order valence-electron chi connectivity index (χ1n) is 8.08. The van der Waals surface area contributed by atoms with Gasteiger partial charge in [-0.25, -0.2) is 0 Å². The number of aliphatic carboxylic acids is 1. The summed E-state index contributed by atoms with van der Waals surface area (Å²) in [4.78, 5) is 11.7. The van der Waals surface area contributed by atoms with Gasteiger partial charge in [0.2, 0.25) is 0 Å². The lowest BCUT2D eigenvalue weighted by Gasteiger charge is -2.31. The average molecular weight is 268 g/mol. The van der Waals surface area contributed by atoms with Crippen molar-refractivity contribution in [2.45, 2.75) is 83.2 Å². The fourth-order valence-corrected chi connectivity index (χ4v) is 3.69. The van der Waals surface area contributed by atoms with E-state index in [-0.39, 0.29) is 0 Å². The lowest BCUT2D eigenvalue weighted by atomic mass is 9.72. The fourth-order valence-electron chi connectivity index (χ4n) is 3.69. The van der Waals surface area contributed by atoms with Crippen LogP contribution in [0.3, 0.4) is 0 Å². The van der Waals surface area contributed by atoms with E-state index >= 15 is 0 Å². The van der Waals surface area contributed by atoms with Gasteiger partial charge < -0.3 is 9.84 Å². The molecule has 2 aliphatic rings. The van der Waals surface area contributed by atoms with Gasteiger partial charge in [0.15, 0.2) is 0 Å². The number of hydrogen-bond acceptors (Lipinski definition) is 2. The highest BCUT2D eigenvalue weighted by Crippen LogP contribution is 2.39. The van der Waals surface area contributed by atoms with Crippen molar-refractivity contribution in [1.29, 1.82) is 0 Å². The zero-order valence-electron chi connectivity index (χ0n) is 12.0. The molecule has 3 heteroatoms. The van der Waals surface area contributed by atoms with Gasteiger partial charge in [-0.05, 0) is 44.9 Å². The van der Waals surface area contributed by atoms with E-state index < -0.39 is 11.4 Å². The number of rotatable bonds is 5. The molecule has 1 saturated carbocycles. The summed E-state index contributed by atoms with van der Waals surface area (Å²) >= 11 is 0. The van der Waals surface area contributed by atoms with Crippen molar-refractivity contribution < 1.29 is 14.6 Å². The predicted octanol–water partition coefficient (Wildman–Crippen LogP) is 4.15. The molecule has 0 radical (unpaired) electrons. The third kappa shape index (κ3) is 4.20. The Morgan fingerprint density at radius 1 is 1.11 bits per heavy atom. The van der Waals surface area contributed by atoms with Crippen LogP contribution in [0.4, 0.5) is 0 Å². The highest BCUT2D eigenvalue weighted by atomic mass is 16.5. The molecule has 1 atom stereocenters. The largest absolute Gasteiger partial charge is 0.481 e. The Morgan fingerprint density at radius 3 is 2.37 bits per heavy atom. The van der Waals surface area contributed by atoms with Crippen LogP contribution in [-0.4, -0.2) is 23.8 Å². The molecule has 1 N–H and O–H groups in total. The van der Waals surface area contributed by atoms with Crippen molar-refractivity contribution in [1.82, 2.24) is 0 Å². The topological polar surface area (TPSA) is 46.5 Å². The van der Waals surface area contributed by atoms with Crippen LogP contribution in [0.2, 0.25) is 0 Å². The summed E-state index contributed by atoms with van der Waals surface area (Å²) in [6.45, 7) is 0.898. The molecule has 1 saturated heterocycles. The van der Waals surface area contributed by atoms with Crippen molar-refractivity contribution in [3.8, 4) is 0 Å². The fraction of sp³-hybridized carbons (Fsp3) is 0.938. The number of carboxylic acids is 1. The van der Waals surface area contributed by atoms with Gasteiger partial charge in [0, 0.05) is 6.61 Å². The van der Waals surface area contributed by atoms with Crippen LogP contribution in [0.25, 0.3) is 0 Å². The first kappa shape index (κ1) is 14.8. The van der Waals surface area contributed by atoms with Gasteiger partial charge in [-0.1, -0.05) is 32.1 Å². The van der Waals surface area contributed by atoms with E-state index in [1.54, 1.807) is 0 Å². The first-order chi connectivity index (χ1) is 9.23. The van der Waals surface area contributed by atoms with E-state index in [1.165, 1.54) is 32.1 Å². The van der Waals surface area contributed by atoms with Crippen LogP contribution in [0, 0.1) is 5.41 Å². The van der Waals surface area contributed by atoms with Crippen LogP contribution in [-0.2, 0) is 9.53 Å². The molecule has 110 valence electrons. The molecule has 3 nitrogen and oxygen atoms in total. The summed E-state index contributed by atoms with van der Waals surface area (Å²) in [7, 11) is 0. The molecule has 1 unspecified atom stereocenters. The van der Waals surface area contributed by atoms with E-state index in [1.807, 2.05) is 0 Å². The zero-order valence-corrected chi connectivity index (χ0v) is 12.0. The highest BCUT2D eigenvalue weighted by Gasteiger charge is 2.37. The van der Waals surface area contributed by atoms with Gasteiger partial charge in [0.25, 0.3) is 0 Å². The van der Waals surface area contributed by atoms with Gasteiger partial charge in [0.1, 0.15) is 0 Å². The lowest BCUT2D eigenvalue weighted by molar-refractivity contribution is -0.151. The zero-order chi connectivity index (χ0) is 13.6. The molecule has 0 amide bonds. The van der Waals surface area contributed by atoms with Gasteiger partial charge in [-0.3, -0.25) is 4.79 Å². The maximum atomic E-state index is 11.7. The average Bonchev–Trinajstić information content (AvgIpc) is 2.84. The Bertz CT molecular complexity index is 274. The molecule has 1 heterocycles. The van der Waals surface area contributed by atoms with E-state index in [0.29, 0.717) is 6.10 Å². The van der Waals surface area contributed by atoms with Crippen molar-refractivity contribution in [3.63, 3.8) is 0 Å². The molecule has 2 rings (SSSR count).